The van der Waals surface area contributed by atoms with E-state index in [-0.39, 0.29) is 6.03 Å². The van der Waals surface area contributed by atoms with Crippen molar-refractivity contribution in [2.24, 2.45) is 0 Å². The van der Waals surface area contributed by atoms with Gasteiger partial charge in [-0.15, -0.1) is 0 Å². The number of amides is 2. The number of fused-ring (bicyclic) bond motifs is 1. The molecule has 1 fully saturated rings. The van der Waals surface area contributed by atoms with Crippen molar-refractivity contribution in [2.75, 3.05) is 39.3 Å². The molecular formula is C15H21N3O3. The summed E-state index contributed by atoms with van der Waals surface area (Å²) in [6, 6.07) is 6.38. The highest BCUT2D eigenvalue weighted by atomic mass is 16.7. The summed E-state index contributed by atoms with van der Waals surface area (Å²) in [4.78, 5) is 15.4. The molecule has 0 atom stereocenters. The molecule has 2 amide bonds. The van der Waals surface area contributed by atoms with Gasteiger partial charge < -0.3 is 24.6 Å². The molecule has 0 unspecified atom stereocenters. The van der Waals surface area contributed by atoms with Crippen molar-refractivity contribution in [1.82, 2.24) is 9.80 Å². The van der Waals surface area contributed by atoms with Crippen LogP contribution in [0, 0.1) is 0 Å². The van der Waals surface area contributed by atoms with E-state index in [4.69, 9.17) is 9.47 Å². The maximum atomic E-state index is 11.9. The number of hydrogen-bond donors (Lipinski definition) is 1. The third-order valence-corrected chi connectivity index (χ3v) is 3.89. The second-order valence-electron chi connectivity index (χ2n) is 5.65. The number of nitrogens with zero attached hydrogens (tertiary/aromatic N) is 2. The Labute approximate surface area is 124 Å². The van der Waals surface area contributed by atoms with Crippen LogP contribution in [0.1, 0.15) is 12.8 Å². The summed E-state index contributed by atoms with van der Waals surface area (Å²) >= 11 is 0. The first kappa shape index (κ1) is 13.9. The van der Waals surface area contributed by atoms with Crippen LogP contribution in [0.5, 0.6) is 11.5 Å². The fourth-order valence-corrected chi connectivity index (χ4v) is 2.72. The Kier molecular flexibility index (Phi) is 3.77. The zero-order chi connectivity index (χ0) is 14.8. The van der Waals surface area contributed by atoms with Gasteiger partial charge in [0.25, 0.3) is 0 Å². The summed E-state index contributed by atoms with van der Waals surface area (Å²) in [5.74, 6) is 1.59. The SMILES string of the molecule is CN(C)C(=O)N1CCC(Nc2ccc3c(c2)OCO3)CC1. The Bertz CT molecular complexity index is 525. The average molecular weight is 291 g/mol. The molecule has 0 aromatic heterocycles. The van der Waals surface area contributed by atoms with Crippen molar-refractivity contribution in [3.63, 3.8) is 0 Å². The van der Waals surface area contributed by atoms with Crippen LogP contribution in [0.15, 0.2) is 18.2 Å². The Morgan fingerprint density at radius 3 is 2.67 bits per heavy atom. The van der Waals surface area contributed by atoms with E-state index in [9.17, 15) is 4.79 Å². The van der Waals surface area contributed by atoms with Gasteiger partial charge in [-0.3, -0.25) is 0 Å². The van der Waals surface area contributed by atoms with Gasteiger partial charge in [0.2, 0.25) is 6.79 Å². The standard InChI is InChI=1S/C15H21N3O3/c1-17(2)15(19)18-7-5-11(6-8-18)16-12-3-4-13-14(9-12)21-10-20-13/h3-4,9,11,16H,5-8,10H2,1-2H3. The summed E-state index contributed by atoms with van der Waals surface area (Å²) in [5, 5.41) is 3.51. The molecule has 0 saturated carbocycles. The molecule has 0 radical (unpaired) electrons. The van der Waals surface area contributed by atoms with Gasteiger partial charge in [0.1, 0.15) is 0 Å². The second kappa shape index (κ2) is 5.71. The van der Waals surface area contributed by atoms with Crippen molar-refractivity contribution in [3.8, 4) is 11.5 Å². The number of piperidine rings is 1. The quantitative estimate of drug-likeness (QED) is 0.905. The van der Waals surface area contributed by atoms with Crippen LogP contribution in [-0.4, -0.2) is 55.9 Å². The Balaban J connectivity index is 1.55. The van der Waals surface area contributed by atoms with Gasteiger partial charge in [-0.05, 0) is 25.0 Å². The average Bonchev–Trinajstić information content (AvgIpc) is 2.95. The molecule has 2 aliphatic rings. The molecule has 114 valence electrons. The maximum absolute atomic E-state index is 11.9. The molecule has 21 heavy (non-hydrogen) atoms. The normalized spacial score (nSPS) is 17.7. The summed E-state index contributed by atoms with van der Waals surface area (Å²) in [6.45, 7) is 1.88. The summed E-state index contributed by atoms with van der Waals surface area (Å²) in [6.07, 6.45) is 1.90. The predicted octanol–water partition coefficient (Wildman–Crippen LogP) is 1.97. The van der Waals surface area contributed by atoms with Gasteiger partial charge in [0.15, 0.2) is 11.5 Å². The van der Waals surface area contributed by atoms with E-state index in [1.165, 1.54) is 0 Å². The van der Waals surface area contributed by atoms with Crippen molar-refractivity contribution in [3.05, 3.63) is 18.2 Å². The molecule has 0 bridgehead atoms. The Morgan fingerprint density at radius 2 is 1.95 bits per heavy atom. The molecule has 3 rings (SSSR count). The molecule has 1 aromatic rings. The molecule has 2 aliphatic heterocycles. The molecule has 1 aromatic carbocycles. The number of carbonyl (C=O) groups is 1. The zero-order valence-electron chi connectivity index (χ0n) is 12.5. The lowest BCUT2D eigenvalue weighted by molar-refractivity contribution is 0.158. The van der Waals surface area contributed by atoms with Gasteiger partial charge >= 0.3 is 6.03 Å². The van der Waals surface area contributed by atoms with E-state index in [1.54, 1.807) is 19.0 Å². The number of benzene rings is 1. The summed E-state index contributed by atoms with van der Waals surface area (Å²) in [5.41, 5.74) is 1.04. The number of anilines is 1. The smallest absolute Gasteiger partial charge is 0.319 e. The molecule has 0 aliphatic carbocycles. The van der Waals surface area contributed by atoms with E-state index in [0.29, 0.717) is 12.8 Å². The molecule has 1 saturated heterocycles. The van der Waals surface area contributed by atoms with Crippen LogP contribution in [-0.2, 0) is 0 Å². The number of carbonyl (C=O) groups excluding carboxylic acids is 1. The molecular weight excluding hydrogens is 270 g/mol. The highest BCUT2D eigenvalue weighted by molar-refractivity contribution is 5.73. The monoisotopic (exact) mass is 291 g/mol. The highest BCUT2D eigenvalue weighted by Gasteiger charge is 2.24. The fourth-order valence-electron chi connectivity index (χ4n) is 2.72. The first-order chi connectivity index (χ1) is 10.1. The Morgan fingerprint density at radius 1 is 1.24 bits per heavy atom. The second-order valence-corrected chi connectivity index (χ2v) is 5.65. The topological polar surface area (TPSA) is 54.0 Å². The van der Waals surface area contributed by atoms with Gasteiger partial charge in [-0.25, -0.2) is 4.79 Å². The minimum absolute atomic E-state index is 0.0940. The van der Waals surface area contributed by atoms with E-state index < -0.39 is 0 Å². The molecule has 0 spiro atoms. The third kappa shape index (κ3) is 2.99. The fraction of sp³-hybridized carbons (Fsp3) is 0.533. The zero-order valence-corrected chi connectivity index (χ0v) is 12.5. The lowest BCUT2D eigenvalue weighted by Gasteiger charge is -2.34. The highest BCUT2D eigenvalue weighted by Crippen LogP contribution is 2.34. The van der Waals surface area contributed by atoms with Crippen LogP contribution in [0.3, 0.4) is 0 Å². The van der Waals surface area contributed by atoms with Crippen molar-refractivity contribution >= 4 is 11.7 Å². The van der Waals surface area contributed by atoms with E-state index >= 15 is 0 Å². The van der Waals surface area contributed by atoms with Crippen LogP contribution >= 0.6 is 0 Å². The largest absolute Gasteiger partial charge is 0.454 e. The van der Waals surface area contributed by atoms with Crippen LogP contribution < -0.4 is 14.8 Å². The van der Waals surface area contributed by atoms with Gasteiger partial charge in [-0.1, -0.05) is 0 Å². The van der Waals surface area contributed by atoms with Gasteiger partial charge in [0, 0.05) is 45.0 Å². The minimum atomic E-state index is 0.0940. The molecule has 6 heteroatoms. The van der Waals surface area contributed by atoms with E-state index in [1.807, 2.05) is 23.1 Å². The van der Waals surface area contributed by atoms with Gasteiger partial charge in [0.05, 0.1) is 0 Å². The van der Waals surface area contributed by atoms with Crippen LogP contribution in [0.25, 0.3) is 0 Å². The van der Waals surface area contributed by atoms with Crippen LogP contribution in [0.2, 0.25) is 0 Å². The minimum Gasteiger partial charge on any atom is -0.454 e. The summed E-state index contributed by atoms with van der Waals surface area (Å²) < 4.78 is 10.7. The van der Waals surface area contributed by atoms with Crippen molar-refractivity contribution in [2.45, 2.75) is 18.9 Å². The predicted molar refractivity (Wildman–Crippen MR) is 79.9 cm³/mol. The van der Waals surface area contributed by atoms with E-state index in [2.05, 4.69) is 5.32 Å². The number of hydrogen-bond acceptors (Lipinski definition) is 4. The number of rotatable bonds is 2. The number of likely N-dealkylation sites (tertiary alicyclic amines) is 1. The summed E-state index contributed by atoms with van der Waals surface area (Å²) in [7, 11) is 3.58. The third-order valence-electron chi connectivity index (χ3n) is 3.89. The number of nitrogens with one attached hydrogen (secondary N) is 1. The van der Waals surface area contributed by atoms with Gasteiger partial charge in [-0.2, -0.15) is 0 Å². The Hall–Kier alpha value is -2.11. The molecule has 1 N–H and O–H groups in total. The number of urea groups is 1. The molecule has 6 nitrogen and oxygen atoms in total. The molecule has 2 heterocycles. The lowest BCUT2D eigenvalue weighted by atomic mass is 10.0. The lowest BCUT2D eigenvalue weighted by Crippen LogP contribution is -2.46. The van der Waals surface area contributed by atoms with E-state index in [0.717, 1.165) is 43.1 Å². The first-order valence-electron chi connectivity index (χ1n) is 7.26. The van der Waals surface area contributed by atoms with Crippen molar-refractivity contribution < 1.29 is 14.3 Å². The number of ether oxygens (including phenoxy) is 2. The van der Waals surface area contributed by atoms with Crippen LogP contribution in [0.4, 0.5) is 10.5 Å². The first-order valence-corrected chi connectivity index (χ1v) is 7.26. The maximum Gasteiger partial charge on any atom is 0.319 e. The van der Waals surface area contributed by atoms with Crippen molar-refractivity contribution in [1.29, 1.82) is 0 Å².